The van der Waals surface area contributed by atoms with Gasteiger partial charge in [-0.05, 0) is 18.4 Å². The second-order valence-corrected chi connectivity index (χ2v) is 3.05. The van der Waals surface area contributed by atoms with Gasteiger partial charge in [0, 0.05) is 11.8 Å². The normalized spacial score (nSPS) is 9.75. The van der Waals surface area contributed by atoms with Crippen molar-refractivity contribution in [1.82, 2.24) is 0 Å². The summed E-state index contributed by atoms with van der Waals surface area (Å²) in [4.78, 5) is 11.1. The van der Waals surface area contributed by atoms with E-state index in [2.05, 4.69) is 0 Å². The molecule has 0 bridgehead atoms. The van der Waals surface area contributed by atoms with Crippen molar-refractivity contribution in [2.45, 2.75) is 0 Å². The van der Waals surface area contributed by atoms with Crippen molar-refractivity contribution in [3.63, 3.8) is 0 Å². The van der Waals surface area contributed by atoms with E-state index in [1.165, 1.54) is 12.1 Å². The van der Waals surface area contributed by atoms with Crippen LogP contribution in [0, 0.1) is 0 Å². The molecule has 0 aliphatic carbocycles. The van der Waals surface area contributed by atoms with E-state index in [-0.39, 0.29) is 10.9 Å². The summed E-state index contributed by atoms with van der Waals surface area (Å²) < 4.78 is 0. The SMILES string of the molecule is CSC(=O)c1ccc(N)cc1O. The largest absolute Gasteiger partial charge is 0.507 e. The van der Waals surface area contributed by atoms with Crippen molar-refractivity contribution in [3.8, 4) is 5.75 Å². The van der Waals surface area contributed by atoms with Crippen LogP contribution < -0.4 is 5.73 Å². The molecule has 0 aliphatic rings. The van der Waals surface area contributed by atoms with Gasteiger partial charge in [0.1, 0.15) is 5.75 Å². The Balaban J connectivity index is 3.09. The molecule has 0 spiro atoms. The molecule has 64 valence electrons. The quantitative estimate of drug-likeness (QED) is 0.647. The number of anilines is 1. The van der Waals surface area contributed by atoms with E-state index in [4.69, 9.17) is 5.73 Å². The number of hydrogen-bond acceptors (Lipinski definition) is 4. The Morgan fingerprint density at radius 3 is 2.75 bits per heavy atom. The molecule has 0 aliphatic heterocycles. The minimum atomic E-state index is -0.160. The van der Waals surface area contributed by atoms with Gasteiger partial charge in [0.25, 0.3) is 0 Å². The van der Waals surface area contributed by atoms with E-state index in [0.717, 1.165) is 11.8 Å². The van der Waals surface area contributed by atoms with E-state index in [0.29, 0.717) is 11.3 Å². The van der Waals surface area contributed by atoms with Gasteiger partial charge in [0.15, 0.2) is 0 Å². The Morgan fingerprint density at radius 1 is 1.58 bits per heavy atom. The Kier molecular flexibility index (Phi) is 2.60. The van der Waals surface area contributed by atoms with Crippen LogP contribution >= 0.6 is 11.8 Å². The molecule has 0 amide bonds. The predicted octanol–water partition coefficient (Wildman–Crippen LogP) is 1.48. The Hall–Kier alpha value is -1.16. The van der Waals surface area contributed by atoms with Gasteiger partial charge in [0.2, 0.25) is 5.12 Å². The fourth-order valence-electron chi connectivity index (χ4n) is 0.831. The molecule has 0 heterocycles. The molecule has 3 N–H and O–H groups in total. The fourth-order valence-corrected chi connectivity index (χ4v) is 1.22. The zero-order valence-electron chi connectivity index (χ0n) is 6.57. The molecular formula is C8H9NO2S. The monoisotopic (exact) mass is 183 g/mol. The summed E-state index contributed by atoms with van der Waals surface area (Å²) in [6.45, 7) is 0. The third-order valence-electron chi connectivity index (χ3n) is 1.43. The first kappa shape index (κ1) is 8.93. The highest BCUT2D eigenvalue weighted by Gasteiger charge is 2.08. The first-order chi connectivity index (χ1) is 5.65. The summed E-state index contributed by atoms with van der Waals surface area (Å²) >= 11 is 1.06. The minimum Gasteiger partial charge on any atom is -0.507 e. The first-order valence-electron chi connectivity index (χ1n) is 3.32. The molecule has 1 rings (SSSR count). The predicted molar refractivity (Wildman–Crippen MR) is 50.4 cm³/mol. The number of phenols is 1. The van der Waals surface area contributed by atoms with Crippen molar-refractivity contribution in [2.24, 2.45) is 0 Å². The smallest absolute Gasteiger partial charge is 0.222 e. The second-order valence-electron chi connectivity index (χ2n) is 2.27. The number of rotatable bonds is 1. The first-order valence-corrected chi connectivity index (χ1v) is 4.54. The maximum absolute atomic E-state index is 11.1. The zero-order chi connectivity index (χ0) is 9.14. The van der Waals surface area contributed by atoms with Crippen LogP contribution in [0.3, 0.4) is 0 Å². The lowest BCUT2D eigenvalue weighted by Crippen LogP contribution is -1.94. The molecule has 3 nitrogen and oxygen atoms in total. The van der Waals surface area contributed by atoms with Crippen LogP contribution in [0.2, 0.25) is 0 Å². The molecule has 1 aromatic rings. The maximum atomic E-state index is 11.1. The number of aromatic hydroxyl groups is 1. The highest BCUT2D eigenvalue weighted by atomic mass is 32.2. The van der Waals surface area contributed by atoms with Crippen molar-refractivity contribution >= 4 is 22.6 Å². The highest BCUT2D eigenvalue weighted by Crippen LogP contribution is 2.23. The summed E-state index contributed by atoms with van der Waals surface area (Å²) in [5.41, 5.74) is 6.14. The van der Waals surface area contributed by atoms with E-state index in [1.807, 2.05) is 0 Å². The highest BCUT2D eigenvalue weighted by molar-refractivity contribution is 8.13. The van der Waals surface area contributed by atoms with Gasteiger partial charge in [-0.3, -0.25) is 4.79 Å². The molecule has 0 atom stereocenters. The van der Waals surface area contributed by atoms with Crippen molar-refractivity contribution in [2.75, 3.05) is 12.0 Å². The average Bonchev–Trinajstić information content (AvgIpc) is 2.03. The van der Waals surface area contributed by atoms with Crippen LogP contribution in [0.5, 0.6) is 5.75 Å². The summed E-state index contributed by atoms with van der Waals surface area (Å²) in [7, 11) is 0. The number of hydrogen-bond donors (Lipinski definition) is 2. The Bertz CT molecular complexity index is 312. The molecule has 0 radical (unpaired) electrons. The fraction of sp³-hybridized carbons (Fsp3) is 0.125. The minimum absolute atomic E-state index is 0.0608. The van der Waals surface area contributed by atoms with E-state index >= 15 is 0 Å². The third-order valence-corrected chi connectivity index (χ3v) is 2.02. The van der Waals surface area contributed by atoms with Crippen LogP contribution in [0.25, 0.3) is 0 Å². The number of nitrogens with two attached hydrogens (primary N) is 1. The average molecular weight is 183 g/mol. The molecule has 4 heteroatoms. The van der Waals surface area contributed by atoms with Gasteiger partial charge in [0.05, 0.1) is 5.56 Å². The van der Waals surface area contributed by atoms with Crippen molar-refractivity contribution in [1.29, 1.82) is 0 Å². The van der Waals surface area contributed by atoms with Gasteiger partial charge >= 0.3 is 0 Å². The summed E-state index contributed by atoms with van der Waals surface area (Å²) in [6, 6.07) is 4.47. The second kappa shape index (κ2) is 3.49. The molecule has 0 saturated carbocycles. The topological polar surface area (TPSA) is 63.3 Å². The number of thioether (sulfide) groups is 1. The maximum Gasteiger partial charge on any atom is 0.222 e. The number of carbonyl (C=O) groups is 1. The lowest BCUT2D eigenvalue weighted by molar-refractivity contribution is 0.108. The van der Waals surface area contributed by atoms with Crippen LogP contribution in [0.1, 0.15) is 10.4 Å². The lowest BCUT2D eigenvalue weighted by atomic mass is 10.2. The van der Waals surface area contributed by atoms with Crippen molar-refractivity contribution < 1.29 is 9.90 Å². The number of phenolic OH excluding ortho intramolecular Hbond substituents is 1. The van der Waals surface area contributed by atoms with E-state index < -0.39 is 0 Å². The van der Waals surface area contributed by atoms with Crippen LogP contribution in [0.15, 0.2) is 18.2 Å². The summed E-state index contributed by atoms with van der Waals surface area (Å²) in [6.07, 6.45) is 1.66. The van der Waals surface area contributed by atoms with E-state index in [1.54, 1.807) is 12.3 Å². The van der Waals surface area contributed by atoms with Gasteiger partial charge in [-0.1, -0.05) is 11.8 Å². The number of nitrogen functional groups attached to an aromatic ring is 1. The molecule has 0 fully saturated rings. The van der Waals surface area contributed by atoms with Crippen LogP contribution in [-0.2, 0) is 0 Å². The van der Waals surface area contributed by atoms with E-state index in [9.17, 15) is 9.90 Å². The Labute approximate surface area is 74.6 Å². The molecule has 0 unspecified atom stereocenters. The van der Waals surface area contributed by atoms with Gasteiger partial charge in [-0.2, -0.15) is 0 Å². The lowest BCUT2D eigenvalue weighted by Gasteiger charge is -2.01. The summed E-state index contributed by atoms with van der Waals surface area (Å²) in [5.74, 6) is -0.0608. The van der Waals surface area contributed by atoms with Crippen LogP contribution in [-0.4, -0.2) is 16.5 Å². The Morgan fingerprint density at radius 2 is 2.25 bits per heavy atom. The van der Waals surface area contributed by atoms with Gasteiger partial charge in [-0.15, -0.1) is 0 Å². The molecular weight excluding hydrogens is 174 g/mol. The molecule has 0 saturated heterocycles. The third kappa shape index (κ3) is 1.71. The van der Waals surface area contributed by atoms with Crippen molar-refractivity contribution in [3.05, 3.63) is 23.8 Å². The standard InChI is InChI=1S/C8H9NO2S/c1-12-8(11)6-3-2-5(9)4-7(6)10/h2-4,10H,9H2,1H3. The number of benzene rings is 1. The van der Waals surface area contributed by atoms with Gasteiger partial charge < -0.3 is 10.8 Å². The molecule has 12 heavy (non-hydrogen) atoms. The van der Waals surface area contributed by atoms with Crippen LogP contribution in [0.4, 0.5) is 5.69 Å². The summed E-state index contributed by atoms with van der Waals surface area (Å²) in [5, 5.41) is 9.12. The number of carbonyl (C=O) groups excluding carboxylic acids is 1. The zero-order valence-corrected chi connectivity index (χ0v) is 7.39. The molecule has 1 aromatic carbocycles. The van der Waals surface area contributed by atoms with Gasteiger partial charge in [-0.25, -0.2) is 0 Å². The molecule has 0 aromatic heterocycles.